The van der Waals surface area contributed by atoms with Crippen molar-refractivity contribution in [3.63, 3.8) is 0 Å². The number of carboxylic acid groups (broad SMARTS) is 1. The molecule has 1 aromatic carbocycles. The number of aryl methyl sites for hydroxylation is 1. The standard InChI is InChI=1S/C14H15NO4/c1-8-5-4-6-9(11(8)12(17)18)15-10(16)7-14(2,3)13(15)19/h4-6H,7H2,1-3H3,(H,17,18). The predicted molar refractivity (Wildman–Crippen MR) is 69.0 cm³/mol. The molecule has 1 heterocycles. The fourth-order valence-electron chi connectivity index (χ4n) is 2.31. The third kappa shape index (κ3) is 2.01. The molecular formula is C14H15NO4. The minimum Gasteiger partial charge on any atom is -0.478 e. The Hall–Kier alpha value is -2.17. The number of benzene rings is 1. The normalized spacial score (nSPS) is 17.9. The van der Waals surface area contributed by atoms with Crippen LogP contribution >= 0.6 is 0 Å². The average Bonchev–Trinajstić information content (AvgIpc) is 2.47. The van der Waals surface area contributed by atoms with Crippen LogP contribution in [-0.2, 0) is 9.59 Å². The number of anilines is 1. The molecule has 0 aliphatic carbocycles. The summed E-state index contributed by atoms with van der Waals surface area (Å²) in [5.74, 6) is -1.85. The average molecular weight is 261 g/mol. The lowest BCUT2D eigenvalue weighted by atomic mass is 9.92. The zero-order valence-electron chi connectivity index (χ0n) is 11.1. The third-order valence-corrected chi connectivity index (χ3v) is 3.33. The van der Waals surface area contributed by atoms with Crippen LogP contribution in [0.2, 0.25) is 0 Å². The van der Waals surface area contributed by atoms with E-state index < -0.39 is 11.4 Å². The molecule has 1 saturated heterocycles. The van der Waals surface area contributed by atoms with Crippen molar-refractivity contribution in [2.45, 2.75) is 27.2 Å². The zero-order chi connectivity index (χ0) is 14.4. The Labute approximate surface area is 110 Å². The van der Waals surface area contributed by atoms with Crippen LogP contribution in [0.4, 0.5) is 5.69 Å². The van der Waals surface area contributed by atoms with Gasteiger partial charge >= 0.3 is 5.97 Å². The number of carbonyl (C=O) groups is 3. The van der Waals surface area contributed by atoms with Gasteiger partial charge in [0.25, 0.3) is 0 Å². The molecule has 1 N–H and O–H groups in total. The quantitative estimate of drug-likeness (QED) is 0.826. The molecular weight excluding hydrogens is 246 g/mol. The van der Waals surface area contributed by atoms with Gasteiger partial charge < -0.3 is 5.11 Å². The minimum absolute atomic E-state index is 0.00176. The third-order valence-electron chi connectivity index (χ3n) is 3.33. The zero-order valence-corrected chi connectivity index (χ0v) is 11.1. The summed E-state index contributed by atoms with van der Waals surface area (Å²) in [5, 5.41) is 9.26. The molecule has 0 atom stereocenters. The van der Waals surface area contributed by atoms with Crippen LogP contribution in [0.5, 0.6) is 0 Å². The first-order chi connectivity index (χ1) is 8.75. The second kappa shape index (κ2) is 4.19. The fourth-order valence-corrected chi connectivity index (χ4v) is 2.31. The summed E-state index contributed by atoms with van der Waals surface area (Å²) in [7, 11) is 0. The predicted octanol–water partition coefficient (Wildman–Crippen LogP) is 1.98. The van der Waals surface area contributed by atoms with Gasteiger partial charge in [-0.2, -0.15) is 0 Å². The van der Waals surface area contributed by atoms with E-state index in [0.717, 1.165) is 4.90 Å². The van der Waals surface area contributed by atoms with E-state index in [4.69, 9.17) is 0 Å². The van der Waals surface area contributed by atoms with Gasteiger partial charge in [-0.05, 0) is 18.6 Å². The monoisotopic (exact) mass is 261 g/mol. The molecule has 2 amide bonds. The summed E-state index contributed by atoms with van der Waals surface area (Å²) in [6.45, 7) is 5.01. The van der Waals surface area contributed by atoms with Gasteiger partial charge in [-0.25, -0.2) is 9.69 Å². The highest BCUT2D eigenvalue weighted by atomic mass is 16.4. The van der Waals surface area contributed by atoms with E-state index in [2.05, 4.69) is 0 Å². The number of carbonyl (C=O) groups excluding carboxylic acids is 2. The number of rotatable bonds is 2. The first-order valence-corrected chi connectivity index (χ1v) is 5.96. The summed E-state index contributed by atoms with van der Waals surface area (Å²) in [6, 6.07) is 4.78. The van der Waals surface area contributed by atoms with Crippen molar-refractivity contribution in [2.75, 3.05) is 4.90 Å². The maximum atomic E-state index is 12.2. The second-order valence-electron chi connectivity index (χ2n) is 5.37. The van der Waals surface area contributed by atoms with E-state index in [1.54, 1.807) is 32.9 Å². The molecule has 5 nitrogen and oxygen atoms in total. The Morgan fingerprint density at radius 1 is 1.32 bits per heavy atom. The molecule has 1 aromatic rings. The Bertz CT molecular complexity index is 589. The van der Waals surface area contributed by atoms with E-state index in [0.29, 0.717) is 5.56 Å². The Kier molecular flexibility index (Phi) is 2.92. The van der Waals surface area contributed by atoms with Crippen LogP contribution < -0.4 is 4.90 Å². The van der Waals surface area contributed by atoms with E-state index in [9.17, 15) is 19.5 Å². The molecule has 100 valence electrons. The van der Waals surface area contributed by atoms with Crippen molar-refractivity contribution in [1.82, 2.24) is 0 Å². The number of amides is 2. The number of hydrogen-bond acceptors (Lipinski definition) is 3. The van der Waals surface area contributed by atoms with Gasteiger partial charge in [0.1, 0.15) is 0 Å². The first-order valence-electron chi connectivity index (χ1n) is 5.96. The molecule has 1 aliphatic rings. The molecule has 19 heavy (non-hydrogen) atoms. The van der Waals surface area contributed by atoms with E-state index in [1.165, 1.54) is 6.07 Å². The molecule has 0 unspecified atom stereocenters. The van der Waals surface area contributed by atoms with E-state index in [1.807, 2.05) is 0 Å². The largest absolute Gasteiger partial charge is 0.478 e. The van der Waals surface area contributed by atoms with Crippen LogP contribution in [0, 0.1) is 12.3 Å². The fraction of sp³-hybridized carbons (Fsp3) is 0.357. The van der Waals surface area contributed by atoms with E-state index in [-0.39, 0.29) is 29.5 Å². The van der Waals surface area contributed by atoms with Gasteiger partial charge in [-0.15, -0.1) is 0 Å². The molecule has 1 aliphatic heterocycles. The first kappa shape index (κ1) is 13.3. The summed E-state index contributed by atoms with van der Waals surface area (Å²) < 4.78 is 0. The van der Waals surface area contributed by atoms with Gasteiger partial charge in [0.05, 0.1) is 16.7 Å². The van der Waals surface area contributed by atoms with Crippen LogP contribution in [0.1, 0.15) is 36.2 Å². The van der Waals surface area contributed by atoms with Crippen LogP contribution in [-0.4, -0.2) is 22.9 Å². The lowest BCUT2D eigenvalue weighted by Crippen LogP contribution is -2.34. The Balaban J connectivity index is 2.61. The molecule has 2 rings (SSSR count). The second-order valence-corrected chi connectivity index (χ2v) is 5.37. The molecule has 0 bridgehead atoms. The van der Waals surface area contributed by atoms with E-state index >= 15 is 0 Å². The summed E-state index contributed by atoms with van der Waals surface area (Å²) >= 11 is 0. The molecule has 0 aromatic heterocycles. The molecule has 1 fully saturated rings. The lowest BCUT2D eigenvalue weighted by molar-refractivity contribution is -0.124. The van der Waals surface area contributed by atoms with Crippen molar-refractivity contribution in [1.29, 1.82) is 0 Å². The summed E-state index contributed by atoms with van der Waals surface area (Å²) in [5.41, 5.74) is -0.0957. The highest BCUT2D eigenvalue weighted by Gasteiger charge is 2.46. The summed E-state index contributed by atoms with van der Waals surface area (Å²) in [4.78, 5) is 36.6. The Morgan fingerprint density at radius 3 is 2.42 bits per heavy atom. The maximum Gasteiger partial charge on any atom is 0.338 e. The van der Waals surface area contributed by atoms with Gasteiger partial charge in [0, 0.05) is 6.42 Å². The number of hydrogen-bond donors (Lipinski definition) is 1. The summed E-state index contributed by atoms with van der Waals surface area (Å²) in [6.07, 6.45) is 0.0961. The van der Waals surface area contributed by atoms with Crippen LogP contribution in [0.25, 0.3) is 0 Å². The van der Waals surface area contributed by atoms with Crippen LogP contribution in [0.3, 0.4) is 0 Å². The van der Waals surface area contributed by atoms with Gasteiger partial charge in [0.15, 0.2) is 0 Å². The van der Waals surface area contributed by atoms with Crippen LogP contribution in [0.15, 0.2) is 18.2 Å². The van der Waals surface area contributed by atoms with Crippen molar-refractivity contribution >= 4 is 23.5 Å². The minimum atomic E-state index is -1.14. The van der Waals surface area contributed by atoms with Gasteiger partial charge in [-0.3, -0.25) is 9.59 Å². The van der Waals surface area contributed by atoms with Crippen molar-refractivity contribution < 1.29 is 19.5 Å². The Morgan fingerprint density at radius 2 is 1.95 bits per heavy atom. The highest BCUT2D eigenvalue weighted by molar-refractivity contribution is 6.24. The van der Waals surface area contributed by atoms with Gasteiger partial charge in [-0.1, -0.05) is 26.0 Å². The number of nitrogens with zero attached hydrogens (tertiary/aromatic N) is 1. The van der Waals surface area contributed by atoms with Crippen molar-refractivity contribution in [2.24, 2.45) is 5.41 Å². The molecule has 5 heteroatoms. The maximum absolute atomic E-state index is 12.2. The number of imide groups is 1. The van der Waals surface area contributed by atoms with Gasteiger partial charge in [0.2, 0.25) is 11.8 Å². The lowest BCUT2D eigenvalue weighted by Gasteiger charge is -2.20. The van der Waals surface area contributed by atoms with Crippen molar-refractivity contribution in [3.05, 3.63) is 29.3 Å². The SMILES string of the molecule is Cc1cccc(N2C(=O)CC(C)(C)C2=O)c1C(=O)O. The highest BCUT2D eigenvalue weighted by Crippen LogP contribution is 2.37. The number of carboxylic acids is 1. The topological polar surface area (TPSA) is 74.7 Å². The smallest absolute Gasteiger partial charge is 0.338 e. The number of aromatic carboxylic acids is 1. The van der Waals surface area contributed by atoms with Crippen molar-refractivity contribution in [3.8, 4) is 0 Å². The molecule has 0 radical (unpaired) electrons. The molecule has 0 spiro atoms. The molecule has 0 saturated carbocycles.